The van der Waals surface area contributed by atoms with Crippen LogP contribution in [0.25, 0.3) is 10.9 Å². The van der Waals surface area contributed by atoms with Crippen LogP contribution < -0.4 is 5.32 Å². The Balaban J connectivity index is 1.70. The number of rotatable bonds is 4. The molecule has 3 heteroatoms. The highest BCUT2D eigenvalue weighted by atomic mass is 16.3. The summed E-state index contributed by atoms with van der Waals surface area (Å²) in [7, 11) is 0. The van der Waals surface area contributed by atoms with Crippen molar-refractivity contribution in [2.45, 2.75) is 13.1 Å². The third kappa shape index (κ3) is 2.10. The summed E-state index contributed by atoms with van der Waals surface area (Å²) in [5, 5.41) is 4.70. The van der Waals surface area contributed by atoms with E-state index in [9.17, 15) is 0 Å². The van der Waals surface area contributed by atoms with E-state index < -0.39 is 0 Å². The van der Waals surface area contributed by atoms with Crippen molar-refractivity contribution >= 4 is 10.9 Å². The number of nitrogens with one attached hydrogen (secondary N) is 2. The van der Waals surface area contributed by atoms with Crippen LogP contribution in [-0.2, 0) is 13.1 Å². The van der Waals surface area contributed by atoms with Gasteiger partial charge in [-0.15, -0.1) is 0 Å². The highest BCUT2D eigenvalue weighted by Gasteiger charge is 2.01. The fourth-order valence-corrected chi connectivity index (χ4v) is 2.04. The van der Waals surface area contributed by atoms with Crippen molar-refractivity contribution in [3.05, 3.63) is 60.2 Å². The van der Waals surface area contributed by atoms with Crippen LogP contribution >= 0.6 is 0 Å². The normalized spacial score (nSPS) is 11.1. The van der Waals surface area contributed by atoms with E-state index >= 15 is 0 Å². The molecule has 0 atom stereocenters. The van der Waals surface area contributed by atoms with E-state index in [-0.39, 0.29) is 0 Å². The van der Waals surface area contributed by atoms with Crippen molar-refractivity contribution in [3.8, 4) is 0 Å². The van der Waals surface area contributed by atoms with Crippen molar-refractivity contribution in [3.63, 3.8) is 0 Å². The van der Waals surface area contributed by atoms with Crippen molar-refractivity contribution in [1.29, 1.82) is 0 Å². The van der Waals surface area contributed by atoms with Crippen LogP contribution in [0.4, 0.5) is 0 Å². The van der Waals surface area contributed by atoms with Crippen LogP contribution in [0.3, 0.4) is 0 Å². The number of hydrogen-bond acceptors (Lipinski definition) is 2. The molecule has 2 heterocycles. The molecule has 0 saturated heterocycles. The first-order chi connectivity index (χ1) is 8.43. The third-order valence-electron chi connectivity index (χ3n) is 2.91. The fourth-order valence-electron chi connectivity index (χ4n) is 2.04. The molecule has 0 fully saturated rings. The Bertz CT molecular complexity index is 596. The van der Waals surface area contributed by atoms with E-state index in [0.717, 1.165) is 13.1 Å². The number of furan rings is 1. The molecule has 3 nitrogen and oxygen atoms in total. The van der Waals surface area contributed by atoms with Crippen LogP contribution in [0.5, 0.6) is 0 Å². The molecular weight excluding hydrogens is 212 g/mol. The monoisotopic (exact) mass is 226 g/mol. The highest BCUT2D eigenvalue weighted by Crippen LogP contribution is 2.17. The lowest BCUT2D eigenvalue weighted by Gasteiger charge is -2.04. The Kier molecular flexibility index (Phi) is 2.68. The van der Waals surface area contributed by atoms with E-state index in [4.69, 9.17) is 4.42 Å². The minimum atomic E-state index is 0.831. The maximum Gasteiger partial charge on any atom is 0.0947 e. The van der Waals surface area contributed by atoms with Crippen LogP contribution in [0.2, 0.25) is 0 Å². The van der Waals surface area contributed by atoms with E-state index in [0.29, 0.717) is 0 Å². The minimum absolute atomic E-state index is 0.831. The standard InChI is InChI=1S/C14H14N2O/c1-2-12(13-4-6-16-14(13)3-1)9-15-8-11-5-7-17-10-11/h1-7,10,15-16H,8-9H2. The minimum Gasteiger partial charge on any atom is -0.472 e. The van der Waals surface area contributed by atoms with Gasteiger partial charge in [0.15, 0.2) is 0 Å². The van der Waals surface area contributed by atoms with Gasteiger partial charge in [0.2, 0.25) is 0 Å². The molecule has 1 aromatic carbocycles. The average molecular weight is 226 g/mol. The molecule has 86 valence electrons. The summed E-state index contributed by atoms with van der Waals surface area (Å²) in [5.74, 6) is 0. The smallest absolute Gasteiger partial charge is 0.0947 e. The number of H-pyrrole nitrogens is 1. The van der Waals surface area contributed by atoms with Gasteiger partial charge in [-0.25, -0.2) is 0 Å². The quantitative estimate of drug-likeness (QED) is 0.717. The zero-order valence-electron chi connectivity index (χ0n) is 9.44. The predicted octanol–water partition coefficient (Wildman–Crippen LogP) is 3.05. The Morgan fingerprint density at radius 2 is 2.12 bits per heavy atom. The molecule has 0 aliphatic rings. The SMILES string of the molecule is c1cc(CNCc2ccoc2)c2cc[nH]c2c1. The van der Waals surface area contributed by atoms with E-state index in [2.05, 4.69) is 34.6 Å². The Hall–Kier alpha value is -2.00. The highest BCUT2D eigenvalue weighted by molar-refractivity contribution is 5.82. The molecule has 0 aliphatic heterocycles. The second-order valence-corrected chi connectivity index (χ2v) is 4.09. The van der Waals surface area contributed by atoms with Gasteiger partial charge in [-0.2, -0.15) is 0 Å². The second kappa shape index (κ2) is 4.47. The molecule has 3 aromatic rings. The third-order valence-corrected chi connectivity index (χ3v) is 2.91. The molecule has 0 spiro atoms. The van der Waals surface area contributed by atoms with Gasteiger partial charge in [-0.1, -0.05) is 12.1 Å². The lowest BCUT2D eigenvalue weighted by molar-refractivity contribution is 0.560. The second-order valence-electron chi connectivity index (χ2n) is 4.09. The van der Waals surface area contributed by atoms with Gasteiger partial charge < -0.3 is 14.7 Å². The maximum absolute atomic E-state index is 5.03. The molecule has 0 radical (unpaired) electrons. The first-order valence-electron chi connectivity index (χ1n) is 5.70. The topological polar surface area (TPSA) is 41.0 Å². The van der Waals surface area contributed by atoms with E-state index in [1.54, 1.807) is 12.5 Å². The Morgan fingerprint density at radius 1 is 1.12 bits per heavy atom. The zero-order valence-corrected chi connectivity index (χ0v) is 9.44. The molecule has 17 heavy (non-hydrogen) atoms. The number of aromatic nitrogens is 1. The van der Waals surface area contributed by atoms with Gasteiger partial charge in [0.1, 0.15) is 0 Å². The van der Waals surface area contributed by atoms with Gasteiger partial charge in [0, 0.05) is 35.8 Å². The molecular formula is C14H14N2O. The molecule has 2 N–H and O–H groups in total. The summed E-state index contributed by atoms with van der Waals surface area (Å²) in [6.07, 6.45) is 5.44. The van der Waals surface area contributed by atoms with Crippen molar-refractivity contribution in [2.24, 2.45) is 0 Å². The number of hydrogen-bond donors (Lipinski definition) is 2. The summed E-state index contributed by atoms with van der Waals surface area (Å²) < 4.78 is 5.03. The lowest BCUT2D eigenvalue weighted by atomic mass is 10.1. The average Bonchev–Trinajstić information content (AvgIpc) is 2.99. The van der Waals surface area contributed by atoms with Gasteiger partial charge >= 0.3 is 0 Å². The summed E-state index contributed by atoms with van der Waals surface area (Å²) in [6, 6.07) is 10.4. The van der Waals surface area contributed by atoms with Crippen LogP contribution in [-0.4, -0.2) is 4.98 Å². The largest absolute Gasteiger partial charge is 0.472 e. The summed E-state index contributed by atoms with van der Waals surface area (Å²) in [4.78, 5) is 3.22. The molecule has 0 unspecified atom stereocenters. The van der Waals surface area contributed by atoms with Gasteiger partial charge in [-0.3, -0.25) is 0 Å². The van der Waals surface area contributed by atoms with Crippen LogP contribution in [0, 0.1) is 0 Å². The number of aromatic amines is 1. The van der Waals surface area contributed by atoms with Crippen molar-refractivity contribution in [2.75, 3.05) is 0 Å². The molecule has 0 amide bonds. The summed E-state index contributed by atoms with van der Waals surface area (Å²) >= 11 is 0. The van der Waals surface area contributed by atoms with E-state index in [1.807, 2.05) is 12.3 Å². The summed E-state index contributed by atoms with van der Waals surface area (Å²) in [5.41, 5.74) is 3.67. The first kappa shape index (κ1) is 10.2. The molecule has 0 aliphatic carbocycles. The number of benzene rings is 1. The molecule has 0 saturated carbocycles. The van der Waals surface area contributed by atoms with Gasteiger partial charge in [0.25, 0.3) is 0 Å². The molecule has 2 aromatic heterocycles. The summed E-state index contributed by atoms with van der Waals surface area (Å²) in [6.45, 7) is 1.69. The van der Waals surface area contributed by atoms with Gasteiger partial charge in [-0.05, 0) is 23.8 Å². The van der Waals surface area contributed by atoms with Crippen molar-refractivity contribution in [1.82, 2.24) is 10.3 Å². The first-order valence-corrected chi connectivity index (χ1v) is 5.70. The number of fused-ring (bicyclic) bond motifs is 1. The van der Waals surface area contributed by atoms with Gasteiger partial charge in [0.05, 0.1) is 12.5 Å². The predicted molar refractivity (Wildman–Crippen MR) is 67.6 cm³/mol. The van der Waals surface area contributed by atoms with E-state index in [1.165, 1.54) is 22.0 Å². The molecule has 0 bridgehead atoms. The van der Waals surface area contributed by atoms with Crippen LogP contribution in [0.15, 0.2) is 53.5 Å². The lowest BCUT2D eigenvalue weighted by Crippen LogP contribution is -2.12. The van der Waals surface area contributed by atoms with Crippen LogP contribution in [0.1, 0.15) is 11.1 Å². The Labute approximate surface area is 99.5 Å². The van der Waals surface area contributed by atoms with Crippen molar-refractivity contribution < 1.29 is 4.42 Å². The maximum atomic E-state index is 5.03. The molecule has 3 rings (SSSR count). The zero-order chi connectivity index (χ0) is 11.5. The fraction of sp³-hybridized carbons (Fsp3) is 0.143. The Morgan fingerprint density at radius 3 is 3.00 bits per heavy atom.